The van der Waals surface area contributed by atoms with E-state index >= 15 is 0 Å². The molecule has 4 rings (SSSR count). The van der Waals surface area contributed by atoms with Crippen LogP contribution in [0.25, 0.3) is 0 Å². The first-order chi connectivity index (χ1) is 17.2. The Morgan fingerprint density at radius 2 is 1.83 bits per heavy atom. The van der Waals surface area contributed by atoms with Gasteiger partial charge >= 0.3 is 0 Å². The molecule has 3 aliphatic rings. The summed E-state index contributed by atoms with van der Waals surface area (Å²) >= 11 is 5.99. The van der Waals surface area contributed by atoms with Gasteiger partial charge in [0.05, 0.1) is 30.6 Å². The highest BCUT2D eigenvalue weighted by Crippen LogP contribution is 2.29. The largest absolute Gasteiger partial charge is 0.382 e. The van der Waals surface area contributed by atoms with E-state index in [1.807, 2.05) is 12.1 Å². The van der Waals surface area contributed by atoms with E-state index in [1.54, 1.807) is 24.1 Å². The van der Waals surface area contributed by atoms with Crippen LogP contribution in [-0.2, 0) is 24.5 Å². The maximum absolute atomic E-state index is 13.5. The summed E-state index contributed by atoms with van der Waals surface area (Å²) in [7, 11) is -2.14. The second-order valence-electron chi connectivity index (χ2n) is 9.61. The maximum atomic E-state index is 13.5. The van der Waals surface area contributed by atoms with Crippen molar-refractivity contribution in [3.05, 3.63) is 34.9 Å². The minimum absolute atomic E-state index is 0.0940. The molecule has 0 radical (unpaired) electrons. The van der Waals surface area contributed by atoms with Gasteiger partial charge in [0, 0.05) is 44.9 Å². The van der Waals surface area contributed by atoms with Crippen molar-refractivity contribution in [2.24, 2.45) is 11.8 Å². The number of hydrogen-bond acceptors (Lipinski definition) is 6. The molecule has 3 atom stereocenters. The first kappa shape index (κ1) is 26.8. The first-order valence-corrected chi connectivity index (χ1v) is 14.0. The van der Waals surface area contributed by atoms with Crippen molar-refractivity contribution in [1.82, 2.24) is 18.8 Å². The van der Waals surface area contributed by atoms with Gasteiger partial charge in [-0.15, -0.1) is 0 Å². The molecule has 2 amide bonds. The van der Waals surface area contributed by atoms with Crippen molar-refractivity contribution in [1.29, 1.82) is 5.26 Å². The van der Waals surface area contributed by atoms with Crippen molar-refractivity contribution in [2.75, 3.05) is 46.4 Å². The highest BCUT2D eigenvalue weighted by Gasteiger charge is 2.44. The molecule has 196 valence electrons. The number of carbonyl (C=O) groups excluding carboxylic acids is 2. The van der Waals surface area contributed by atoms with Gasteiger partial charge < -0.3 is 15.0 Å². The summed E-state index contributed by atoms with van der Waals surface area (Å²) in [4.78, 5) is 28.4. The summed E-state index contributed by atoms with van der Waals surface area (Å²) < 4.78 is 33.9. The number of methoxy groups -OCH3 is 1. The molecule has 36 heavy (non-hydrogen) atoms. The molecule has 12 heteroatoms. The third-order valence-electron chi connectivity index (χ3n) is 7.18. The maximum Gasteiger partial charge on any atom is 0.282 e. The van der Waals surface area contributed by atoms with Crippen LogP contribution >= 0.6 is 11.6 Å². The summed E-state index contributed by atoms with van der Waals surface area (Å²) in [5.41, 5.74) is 0.850. The highest BCUT2D eigenvalue weighted by atomic mass is 35.5. The van der Waals surface area contributed by atoms with Gasteiger partial charge in [0.25, 0.3) is 10.2 Å². The lowest BCUT2D eigenvalue weighted by atomic mass is 9.97. The Hall–Kier alpha value is -2.23. The minimum Gasteiger partial charge on any atom is -0.382 e. The molecule has 1 aromatic carbocycles. The molecule has 3 heterocycles. The standard InChI is InChI=1S/C24H32ClN5O5S/c1-35-16-21(18-6-8-20(25)9-7-18)27-23(31)22-5-3-11-30(22)24(32)19-4-2-10-28(15-19)36(33,34)29-13-17(12-26)14-29/h6-9,17,19,21-22H,2-5,10-11,13-16H2,1H3,(H,27,31)/t19-,21?,22+/m0/s1. The van der Waals surface area contributed by atoms with Gasteiger partial charge in [0.2, 0.25) is 11.8 Å². The van der Waals surface area contributed by atoms with Crippen LogP contribution in [0.1, 0.15) is 37.3 Å². The van der Waals surface area contributed by atoms with Gasteiger partial charge in [0.15, 0.2) is 0 Å². The number of nitrogens with zero attached hydrogens (tertiary/aromatic N) is 4. The summed E-state index contributed by atoms with van der Waals surface area (Å²) in [6, 6.07) is 8.25. The quantitative estimate of drug-likeness (QED) is 0.536. The molecule has 1 unspecified atom stereocenters. The SMILES string of the molecule is COCC(NC(=O)[C@H]1CCCN1C(=O)[C@H]1CCCN(S(=O)(=O)N2CC(C#N)C2)C1)c1ccc(Cl)cc1. The lowest BCUT2D eigenvalue weighted by Crippen LogP contribution is -2.57. The zero-order valence-corrected chi connectivity index (χ0v) is 21.9. The Labute approximate surface area is 217 Å². The van der Waals surface area contributed by atoms with Gasteiger partial charge in [-0.05, 0) is 43.4 Å². The predicted octanol–water partition coefficient (Wildman–Crippen LogP) is 1.55. The molecule has 3 fully saturated rings. The summed E-state index contributed by atoms with van der Waals surface area (Å²) in [6.45, 7) is 1.57. The third kappa shape index (κ3) is 5.68. The van der Waals surface area contributed by atoms with Crippen LogP contribution in [0, 0.1) is 23.2 Å². The molecule has 0 bridgehead atoms. The Morgan fingerprint density at radius 3 is 2.50 bits per heavy atom. The van der Waals surface area contributed by atoms with E-state index in [-0.39, 0.29) is 50.0 Å². The van der Waals surface area contributed by atoms with E-state index in [1.165, 1.54) is 8.61 Å². The van der Waals surface area contributed by atoms with Crippen molar-refractivity contribution in [3.63, 3.8) is 0 Å². The summed E-state index contributed by atoms with van der Waals surface area (Å²) in [6.07, 6.45) is 2.41. The summed E-state index contributed by atoms with van der Waals surface area (Å²) in [5, 5.41) is 12.6. The van der Waals surface area contributed by atoms with Gasteiger partial charge in [0.1, 0.15) is 6.04 Å². The molecule has 0 aromatic heterocycles. The molecule has 0 spiro atoms. The number of rotatable bonds is 8. The molecule has 1 aromatic rings. The van der Waals surface area contributed by atoms with E-state index in [4.69, 9.17) is 21.6 Å². The fraction of sp³-hybridized carbons (Fsp3) is 0.625. The number of amides is 2. The third-order valence-corrected chi connectivity index (χ3v) is 9.36. The molecule has 10 nitrogen and oxygen atoms in total. The second kappa shape index (κ2) is 11.4. The predicted molar refractivity (Wildman–Crippen MR) is 133 cm³/mol. The Bertz CT molecular complexity index is 1100. The monoisotopic (exact) mass is 537 g/mol. The van der Waals surface area contributed by atoms with Gasteiger partial charge in [-0.3, -0.25) is 9.59 Å². The van der Waals surface area contributed by atoms with Crippen LogP contribution in [0.3, 0.4) is 0 Å². The molecular weight excluding hydrogens is 506 g/mol. The van der Waals surface area contributed by atoms with Crippen LogP contribution in [0.5, 0.6) is 0 Å². The van der Waals surface area contributed by atoms with E-state index in [9.17, 15) is 18.0 Å². The lowest BCUT2D eigenvalue weighted by Gasteiger charge is -2.41. The number of nitriles is 1. The van der Waals surface area contributed by atoms with E-state index in [2.05, 4.69) is 11.4 Å². The molecule has 0 saturated carbocycles. The highest BCUT2D eigenvalue weighted by molar-refractivity contribution is 7.86. The Balaban J connectivity index is 1.40. The van der Waals surface area contributed by atoms with E-state index in [0.717, 1.165) is 5.56 Å². The normalized spacial score (nSPS) is 24.6. The number of halogens is 1. The van der Waals surface area contributed by atoms with Crippen LogP contribution in [0.4, 0.5) is 0 Å². The van der Waals surface area contributed by atoms with Gasteiger partial charge in [-0.1, -0.05) is 23.7 Å². The number of ether oxygens (including phenoxy) is 1. The fourth-order valence-corrected chi connectivity index (χ4v) is 7.03. The van der Waals surface area contributed by atoms with E-state index < -0.39 is 22.2 Å². The van der Waals surface area contributed by atoms with Crippen LogP contribution in [0.2, 0.25) is 5.02 Å². The van der Waals surface area contributed by atoms with Crippen LogP contribution in [0.15, 0.2) is 24.3 Å². The van der Waals surface area contributed by atoms with E-state index in [0.29, 0.717) is 43.8 Å². The van der Waals surface area contributed by atoms with Crippen molar-refractivity contribution in [3.8, 4) is 6.07 Å². The fourth-order valence-electron chi connectivity index (χ4n) is 5.11. The topological polar surface area (TPSA) is 123 Å². The van der Waals surface area contributed by atoms with Crippen molar-refractivity contribution in [2.45, 2.75) is 37.8 Å². The van der Waals surface area contributed by atoms with Crippen molar-refractivity contribution < 1.29 is 22.7 Å². The molecule has 1 N–H and O–H groups in total. The number of likely N-dealkylation sites (tertiary alicyclic amines) is 1. The zero-order chi connectivity index (χ0) is 25.9. The summed E-state index contributed by atoms with van der Waals surface area (Å²) in [5.74, 6) is -1.20. The lowest BCUT2D eigenvalue weighted by molar-refractivity contribution is -0.142. The molecule has 3 aliphatic heterocycles. The van der Waals surface area contributed by atoms with Gasteiger partial charge in [-0.25, -0.2) is 0 Å². The molecular formula is C24H32ClN5O5S. The minimum atomic E-state index is -3.70. The van der Waals surface area contributed by atoms with Gasteiger partial charge in [-0.2, -0.15) is 22.3 Å². The number of carbonyl (C=O) groups is 2. The Morgan fingerprint density at radius 1 is 1.14 bits per heavy atom. The average molecular weight is 538 g/mol. The number of hydrogen-bond donors (Lipinski definition) is 1. The first-order valence-electron chi connectivity index (χ1n) is 12.2. The second-order valence-corrected chi connectivity index (χ2v) is 12.0. The van der Waals surface area contributed by atoms with Crippen LogP contribution < -0.4 is 5.32 Å². The smallest absolute Gasteiger partial charge is 0.282 e. The molecule has 3 saturated heterocycles. The van der Waals surface area contributed by atoms with Crippen molar-refractivity contribution >= 4 is 33.6 Å². The number of piperidine rings is 1. The zero-order valence-electron chi connectivity index (χ0n) is 20.3. The Kier molecular flexibility index (Phi) is 8.52. The number of nitrogens with one attached hydrogen (secondary N) is 1. The average Bonchev–Trinajstić information content (AvgIpc) is 3.33. The van der Waals surface area contributed by atoms with Crippen LogP contribution in [-0.4, -0.2) is 86.2 Å². The number of benzene rings is 1. The molecule has 0 aliphatic carbocycles.